The molecule has 0 aliphatic rings. The molecule has 0 spiro atoms. The minimum atomic E-state index is -0.409. The highest BCUT2D eigenvalue weighted by molar-refractivity contribution is 7.99. The van der Waals surface area contributed by atoms with Crippen LogP contribution in [0, 0.1) is 12.7 Å². The van der Waals surface area contributed by atoms with Gasteiger partial charge in [0.25, 0.3) is 5.91 Å². The third-order valence-electron chi connectivity index (χ3n) is 3.82. The van der Waals surface area contributed by atoms with Crippen LogP contribution in [0.25, 0.3) is 0 Å². The number of benzene rings is 1. The summed E-state index contributed by atoms with van der Waals surface area (Å²) < 4.78 is 14.8. The maximum Gasteiger partial charge on any atom is 0.251 e. The minimum absolute atomic E-state index is 0.127. The van der Waals surface area contributed by atoms with Crippen LogP contribution in [-0.4, -0.2) is 37.3 Å². The molecule has 30 heavy (non-hydrogen) atoms. The summed E-state index contributed by atoms with van der Waals surface area (Å²) in [5.74, 6) is -0.309. The fourth-order valence-corrected chi connectivity index (χ4v) is 3.90. The Bertz CT molecular complexity index is 1050. The van der Waals surface area contributed by atoms with E-state index in [-0.39, 0.29) is 24.1 Å². The number of aromatic nitrogens is 4. The van der Waals surface area contributed by atoms with Gasteiger partial charge in [0.1, 0.15) is 5.82 Å². The van der Waals surface area contributed by atoms with E-state index in [4.69, 9.17) is 0 Å². The molecule has 0 saturated heterocycles. The van der Waals surface area contributed by atoms with E-state index in [0.29, 0.717) is 28.2 Å². The number of anilines is 1. The number of aryl methyl sites for hydroxylation is 1. The van der Waals surface area contributed by atoms with E-state index in [9.17, 15) is 14.0 Å². The predicted octanol–water partition coefficient (Wildman–Crippen LogP) is 3.03. The molecule has 0 aliphatic heterocycles. The molecule has 1 aromatic carbocycles. The van der Waals surface area contributed by atoms with Crippen molar-refractivity contribution in [1.29, 1.82) is 0 Å². The molecule has 2 amide bonds. The van der Waals surface area contributed by atoms with E-state index in [2.05, 4.69) is 32.4 Å². The molecule has 156 valence electrons. The lowest BCUT2D eigenvalue weighted by Crippen LogP contribution is -2.25. The monoisotopic (exact) mass is 446 g/mol. The number of hydrogen-bond donors (Lipinski definition) is 2. The lowest BCUT2D eigenvalue weighted by Gasteiger charge is -2.09. The molecular weight excluding hydrogens is 427 g/mol. The number of nitrogens with zero attached hydrogens (tertiary/aromatic N) is 4. The molecule has 2 heterocycles. The summed E-state index contributed by atoms with van der Waals surface area (Å²) in [6, 6.07) is 5.26. The molecule has 2 aromatic heterocycles. The van der Waals surface area contributed by atoms with Gasteiger partial charge in [-0.25, -0.2) is 9.37 Å². The minimum Gasteiger partial charge on any atom is -0.345 e. The van der Waals surface area contributed by atoms with Crippen LogP contribution in [-0.2, 0) is 17.9 Å². The van der Waals surface area contributed by atoms with Gasteiger partial charge >= 0.3 is 0 Å². The van der Waals surface area contributed by atoms with Crippen molar-refractivity contribution in [2.75, 3.05) is 11.1 Å². The van der Waals surface area contributed by atoms with E-state index < -0.39 is 5.82 Å². The summed E-state index contributed by atoms with van der Waals surface area (Å²) in [5, 5.41) is 16.6. The van der Waals surface area contributed by atoms with E-state index in [1.807, 2.05) is 12.3 Å². The first kappa shape index (κ1) is 21.7. The van der Waals surface area contributed by atoms with Gasteiger partial charge in [-0.2, -0.15) is 0 Å². The lowest BCUT2D eigenvalue weighted by atomic mass is 10.2. The summed E-state index contributed by atoms with van der Waals surface area (Å²) in [6.07, 6.45) is 1.68. The lowest BCUT2D eigenvalue weighted by molar-refractivity contribution is -0.113. The second-order valence-corrected chi connectivity index (χ2v) is 7.92. The van der Waals surface area contributed by atoms with Crippen molar-refractivity contribution in [3.8, 4) is 0 Å². The normalized spacial score (nSPS) is 10.6. The fourth-order valence-electron chi connectivity index (χ4n) is 2.43. The Kier molecular flexibility index (Phi) is 7.31. The summed E-state index contributed by atoms with van der Waals surface area (Å²) in [5.41, 5.74) is 1.19. The highest BCUT2D eigenvalue weighted by atomic mass is 32.2. The Morgan fingerprint density at radius 3 is 2.73 bits per heavy atom. The molecule has 3 rings (SSSR count). The molecule has 2 N–H and O–H groups in total. The summed E-state index contributed by atoms with van der Waals surface area (Å²) in [4.78, 5) is 28.6. The van der Waals surface area contributed by atoms with Gasteiger partial charge in [0.15, 0.2) is 16.1 Å². The maximum atomic E-state index is 13.0. The summed E-state index contributed by atoms with van der Waals surface area (Å²) in [7, 11) is 0. The number of amides is 2. The highest BCUT2D eigenvalue weighted by Gasteiger charge is 2.15. The number of allylic oxidation sites excluding steroid dienone is 1. The average Bonchev–Trinajstić information content (AvgIpc) is 3.31. The molecule has 8 nitrogen and oxygen atoms in total. The highest BCUT2D eigenvalue weighted by Crippen LogP contribution is 2.19. The van der Waals surface area contributed by atoms with Crippen molar-refractivity contribution in [3.63, 3.8) is 0 Å². The third-order valence-corrected chi connectivity index (χ3v) is 5.66. The first-order valence-electron chi connectivity index (χ1n) is 8.87. The van der Waals surface area contributed by atoms with Crippen molar-refractivity contribution < 1.29 is 14.0 Å². The summed E-state index contributed by atoms with van der Waals surface area (Å²) in [6.45, 7) is 6.13. The molecule has 0 saturated carbocycles. The van der Waals surface area contributed by atoms with E-state index in [1.54, 1.807) is 10.6 Å². The molecule has 0 aliphatic carbocycles. The SMILES string of the molecule is C=CCn1c(CNC(=O)c2ccc(F)cc2)nnc1SCC(=O)Nc1nc(C)cs1. The van der Waals surface area contributed by atoms with Crippen LogP contribution < -0.4 is 10.6 Å². The van der Waals surface area contributed by atoms with Gasteiger partial charge in [0, 0.05) is 17.5 Å². The number of thioether (sulfide) groups is 1. The Morgan fingerprint density at radius 2 is 2.07 bits per heavy atom. The van der Waals surface area contributed by atoms with Crippen molar-refractivity contribution in [3.05, 3.63) is 65.2 Å². The quantitative estimate of drug-likeness (QED) is 0.387. The molecule has 0 radical (unpaired) electrons. The van der Waals surface area contributed by atoms with Crippen LogP contribution in [0.15, 0.2) is 47.5 Å². The zero-order valence-electron chi connectivity index (χ0n) is 16.1. The molecule has 0 fully saturated rings. The van der Waals surface area contributed by atoms with Gasteiger partial charge in [-0.15, -0.1) is 28.1 Å². The zero-order valence-corrected chi connectivity index (χ0v) is 17.7. The molecule has 11 heteroatoms. The van der Waals surface area contributed by atoms with Crippen LogP contribution in [0.3, 0.4) is 0 Å². The van der Waals surface area contributed by atoms with E-state index in [0.717, 1.165) is 5.69 Å². The Labute approximate surface area is 180 Å². The van der Waals surface area contributed by atoms with Crippen LogP contribution in [0.2, 0.25) is 0 Å². The van der Waals surface area contributed by atoms with Crippen molar-refractivity contribution in [2.24, 2.45) is 0 Å². The van der Waals surface area contributed by atoms with Crippen molar-refractivity contribution in [1.82, 2.24) is 25.1 Å². The van der Waals surface area contributed by atoms with Gasteiger partial charge in [0.2, 0.25) is 5.91 Å². The van der Waals surface area contributed by atoms with Crippen LogP contribution >= 0.6 is 23.1 Å². The van der Waals surface area contributed by atoms with Gasteiger partial charge in [-0.05, 0) is 31.2 Å². The van der Waals surface area contributed by atoms with Gasteiger partial charge in [0.05, 0.1) is 18.0 Å². The van der Waals surface area contributed by atoms with Crippen LogP contribution in [0.1, 0.15) is 21.9 Å². The van der Waals surface area contributed by atoms with Crippen LogP contribution in [0.4, 0.5) is 9.52 Å². The standard InChI is InChI=1S/C19H19FN6O2S2/c1-3-8-26-15(9-21-17(28)13-4-6-14(20)7-5-13)24-25-19(26)30-11-16(27)23-18-22-12(2)10-29-18/h3-7,10H,1,8-9,11H2,2H3,(H,21,28)(H,22,23,27). The first-order chi connectivity index (χ1) is 14.5. The van der Waals surface area contributed by atoms with Gasteiger partial charge in [-0.1, -0.05) is 17.8 Å². The fraction of sp³-hybridized carbons (Fsp3) is 0.211. The van der Waals surface area contributed by atoms with Crippen LogP contribution in [0.5, 0.6) is 0 Å². The van der Waals surface area contributed by atoms with Crippen molar-refractivity contribution in [2.45, 2.75) is 25.2 Å². The topological polar surface area (TPSA) is 102 Å². The largest absolute Gasteiger partial charge is 0.345 e. The van der Waals surface area contributed by atoms with Gasteiger partial charge < -0.3 is 15.2 Å². The molecular formula is C19H19FN6O2S2. The number of carbonyl (C=O) groups excluding carboxylic acids is 2. The van der Waals surface area contributed by atoms with Gasteiger partial charge in [-0.3, -0.25) is 9.59 Å². The summed E-state index contributed by atoms with van der Waals surface area (Å²) >= 11 is 2.59. The number of halogens is 1. The molecule has 0 unspecified atom stereocenters. The Balaban J connectivity index is 1.59. The number of hydrogen-bond acceptors (Lipinski definition) is 7. The van der Waals surface area contributed by atoms with E-state index >= 15 is 0 Å². The second-order valence-electron chi connectivity index (χ2n) is 6.12. The number of thiazole rings is 1. The predicted molar refractivity (Wildman–Crippen MR) is 114 cm³/mol. The average molecular weight is 447 g/mol. The Morgan fingerprint density at radius 1 is 1.30 bits per heavy atom. The zero-order chi connectivity index (χ0) is 21.5. The second kappa shape index (κ2) is 10.1. The molecule has 3 aromatic rings. The number of rotatable bonds is 9. The maximum absolute atomic E-state index is 13.0. The first-order valence-corrected chi connectivity index (χ1v) is 10.7. The molecule has 0 atom stereocenters. The number of nitrogens with one attached hydrogen (secondary N) is 2. The van der Waals surface area contributed by atoms with Crippen molar-refractivity contribution >= 4 is 40.0 Å². The third kappa shape index (κ3) is 5.74. The smallest absolute Gasteiger partial charge is 0.251 e. The van der Waals surface area contributed by atoms with E-state index in [1.165, 1.54) is 47.4 Å². The number of carbonyl (C=O) groups is 2. The molecule has 0 bridgehead atoms. The Hall–Kier alpha value is -3.05.